The molecule has 2 aliphatic heterocycles. The second-order valence-electron chi connectivity index (χ2n) is 7.49. The van der Waals surface area contributed by atoms with Crippen LogP contribution in [-0.4, -0.2) is 43.2 Å². The minimum absolute atomic E-state index is 0.00953. The molecular weight excluding hydrogens is 406 g/mol. The maximum absolute atomic E-state index is 13.3. The Morgan fingerprint density at radius 1 is 1.23 bits per heavy atom. The second kappa shape index (κ2) is 7.73. The van der Waals surface area contributed by atoms with E-state index >= 15 is 0 Å². The van der Waals surface area contributed by atoms with Crippen LogP contribution in [0.2, 0.25) is 0 Å². The molecule has 2 amide bonds. The Bertz CT molecular complexity index is 1120. The van der Waals surface area contributed by atoms with Crippen LogP contribution in [0, 0.1) is 6.92 Å². The highest BCUT2D eigenvalue weighted by Gasteiger charge is 2.40. The molecular formula is C21H23N3O5S. The highest BCUT2D eigenvalue weighted by Crippen LogP contribution is 2.34. The number of rotatable bonds is 4. The number of amides is 2. The molecule has 0 unspecified atom stereocenters. The quantitative estimate of drug-likeness (QED) is 0.777. The first kappa shape index (κ1) is 20.4. The van der Waals surface area contributed by atoms with E-state index < -0.39 is 22.2 Å². The van der Waals surface area contributed by atoms with Gasteiger partial charge in [0.05, 0.1) is 10.6 Å². The number of para-hydroxylation sites is 1. The molecule has 1 saturated heterocycles. The van der Waals surface area contributed by atoms with Crippen molar-refractivity contribution in [3.63, 3.8) is 0 Å². The fourth-order valence-corrected chi connectivity index (χ4v) is 5.39. The van der Waals surface area contributed by atoms with Crippen molar-refractivity contribution >= 4 is 33.2 Å². The van der Waals surface area contributed by atoms with Gasteiger partial charge in [-0.2, -0.15) is 4.31 Å². The Morgan fingerprint density at radius 2 is 2.00 bits per heavy atom. The lowest BCUT2D eigenvalue weighted by Gasteiger charge is -2.26. The molecule has 158 valence electrons. The van der Waals surface area contributed by atoms with Gasteiger partial charge in [-0.3, -0.25) is 9.59 Å². The van der Waals surface area contributed by atoms with Crippen molar-refractivity contribution in [2.24, 2.45) is 0 Å². The third-order valence-electron chi connectivity index (χ3n) is 5.40. The van der Waals surface area contributed by atoms with Crippen molar-refractivity contribution in [2.75, 3.05) is 17.2 Å². The van der Waals surface area contributed by atoms with Crippen LogP contribution >= 0.6 is 0 Å². The fourth-order valence-electron chi connectivity index (χ4n) is 3.70. The summed E-state index contributed by atoms with van der Waals surface area (Å²) in [6.07, 6.45) is 0.389. The maximum atomic E-state index is 13.3. The summed E-state index contributed by atoms with van der Waals surface area (Å²) in [7, 11) is -3.93. The topological polar surface area (TPSA) is 105 Å². The first-order chi connectivity index (χ1) is 14.3. The molecule has 1 fully saturated rings. The summed E-state index contributed by atoms with van der Waals surface area (Å²) in [5, 5.41) is 5.50. The average Bonchev–Trinajstić information content (AvgIpc) is 3.21. The average molecular weight is 429 g/mol. The standard InChI is InChI=1S/C21H23N3O5S/c1-13-6-3-4-7-16(13)22-21(26)18-8-5-11-24(18)30(27,28)15-9-10-19-17(12-15)23-20(25)14(2)29-19/h3-4,6-7,9-10,12,14,18H,5,8,11H2,1-2H3,(H,22,26)(H,23,25)/t14-,18-/m0/s1. The number of sulfonamides is 1. The second-order valence-corrected chi connectivity index (χ2v) is 9.38. The van der Waals surface area contributed by atoms with Crippen LogP contribution < -0.4 is 15.4 Å². The van der Waals surface area contributed by atoms with Gasteiger partial charge in [0.25, 0.3) is 5.91 Å². The molecule has 2 heterocycles. The lowest BCUT2D eigenvalue weighted by molar-refractivity contribution is -0.122. The van der Waals surface area contributed by atoms with Gasteiger partial charge in [-0.05, 0) is 56.5 Å². The summed E-state index contributed by atoms with van der Waals surface area (Å²) in [5.74, 6) is -0.279. The summed E-state index contributed by atoms with van der Waals surface area (Å²) >= 11 is 0. The first-order valence-corrected chi connectivity index (χ1v) is 11.2. The number of hydrogen-bond acceptors (Lipinski definition) is 5. The molecule has 9 heteroatoms. The van der Waals surface area contributed by atoms with Gasteiger partial charge in [0, 0.05) is 12.2 Å². The number of hydrogen-bond donors (Lipinski definition) is 2. The summed E-state index contributed by atoms with van der Waals surface area (Å²) < 4.78 is 33.3. The van der Waals surface area contributed by atoms with E-state index in [0.717, 1.165) is 5.56 Å². The van der Waals surface area contributed by atoms with Gasteiger partial charge in [0.15, 0.2) is 6.10 Å². The molecule has 30 heavy (non-hydrogen) atoms. The van der Waals surface area contributed by atoms with E-state index in [1.165, 1.54) is 22.5 Å². The van der Waals surface area contributed by atoms with E-state index in [2.05, 4.69) is 10.6 Å². The third-order valence-corrected chi connectivity index (χ3v) is 7.30. The van der Waals surface area contributed by atoms with Crippen LogP contribution in [0.3, 0.4) is 0 Å². The number of anilines is 2. The number of nitrogens with one attached hydrogen (secondary N) is 2. The first-order valence-electron chi connectivity index (χ1n) is 9.77. The van der Waals surface area contributed by atoms with E-state index in [4.69, 9.17) is 4.74 Å². The molecule has 8 nitrogen and oxygen atoms in total. The zero-order valence-electron chi connectivity index (χ0n) is 16.7. The summed E-state index contributed by atoms with van der Waals surface area (Å²) in [6.45, 7) is 3.75. The van der Waals surface area contributed by atoms with Gasteiger partial charge in [0.1, 0.15) is 11.8 Å². The molecule has 2 aliphatic rings. The molecule has 2 aromatic rings. The molecule has 0 bridgehead atoms. The highest BCUT2D eigenvalue weighted by atomic mass is 32.2. The number of carbonyl (C=O) groups is 2. The van der Waals surface area contributed by atoms with E-state index in [9.17, 15) is 18.0 Å². The van der Waals surface area contributed by atoms with E-state index in [-0.39, 0.29) is 23.3 Å². The van der Waals surface area contributed by atoms with Crippen LogP contribution in [0.4, 0.5) is 11.4 Å². The van der Waals surface area contributed by atoms with Crippen LogP contribution in [0.25, 0.3) is 0 Å². The van der Waals surface area contributed by atoms with Gasteiger partial charge < -0.3 is 15.4 Å². The zero-order valence-corrected chi connectivity index (χ0v) is 17.5. The summed E-state index contributed by atoms with van der Waals surface area (Å²) in [4.78, 5) is 24.7. The number of nitrogens with zero attached hydrogens (tertiary/aromatic N) is 1. The monoisotopic (exact) mass is 429 g/mol. The smallest absolute Gasteiger partial charge is 0.265 e. The number of carbonyl (C=O) groups excluding carboxylic acids is 2. The van der Waals surface area contributed by atoms with E-state index in [0.29, 0.717) is 30.0 Å². The van der Waals surface area contributed by atoms with Crippen molar-refractivity contribution < 1.29 is 22.7 Å². The highest BCUT2D eigenvalue weighted by molar-refractivity contribution is 7.89. The van der Waals surface area contributed by atoms with Crippen molar-refractivity contribution in [3.8, 4) is 5.75 Å². The lowest BCUT2D eigenvalue weighted by atomic mass is 10.1. The van der Waals surface area contributed by atoms with Crippen LogP contribution in [0.5, 0.6) is 5.75 Å². The molecule has 0 radical (unpaired) electrons. The van der Waals surface area contributed by atoms with Crippen molar-refractivity contribution in [1.29, 1.82) is 0 Å². The van der Waals surface area contributed by atoms with Gasteiger partial charge >= 0.3 is 0 Å². The van der Waals surface area contributed by atoms with Crippen LogP contribution in [0.15, 0.2) is 47.4 Å². The van der Waals surface area contributed by atoms with Crippen LogP contribution in [-0.2, 0) is 19.6 Å². The van der Waals surface area contributed by atoms with Gasteiger partial charge in [0.2, 0.25) is 15.9 Å². The van der Waals surface area contributed by atoms with Gasteiger partial charge in [-0.1, -0.05) is 18.2 Å². The number of fused-ring (bicyclic) bond motifs is 1. The van der Waals surface area contributed by atoms with Gasteiger partial charge in [-0.15, -0.1) is 0 Å². The Balaban J connectivity index is 1.59. The number of ether oxygens (including phenoxy) is 1. The van der Waals surface area contributed by atoms with Crippen molar-refractivity contribution in [2.45, 2.75) is 43.7 Å². The van der Waals surface area contributed by atoms with Gasteiger partial charge in [-0.25, -0.2) is 8.42 Å². The molecule has 0 aliphatic carbocycles. The summed E-state index contributed by atoms with van der Waals surface area (Å²) in [6, 6.07) is 10.9. The molecule has 2 N–H and O–H groups in total. The minimum Gasteiger partial charge on any atom is -0.479 e. The van der Waals surface area contributed by atoms with Crippen molar-refractivity contribution in [3.05, 3.63) is 48.0 Å². The largest absolute Gasteiger partial charge is 0.479 e. The molecule has 4 rings (SSSR count). The Morgan fingerprint density at radius 3 is 2.77 bits per heavy atom. The molecule has 0 aromatic heterocycles. The van der Waals surface area contributed by atoms with Crippen molar-refractivity contribution in [1.82, 2.24) is 4.31 Å². The molecule has 0 spiro atoms. The predicted octanol–water partition coefficient (Wildman–Crippen LogP) is 2.51. The lowest BCUT2D eigenvalue weighted by Crippen LogP contribution is -2.43. The minimum atomic E-state index is -3.93. The third kappa shape index (κ3) is 3.66. The Labute approximate surface area is 175 Å². The molecule has 2 aromatic carbocycles. The number of aryl methyl sites for hydroxylation is 1. The molecule has 0 saturated carbocycles. The zero-order chi connectivity index (χ0) is 21.5. The fraction of sp³-hybridized carbons (Fsp3) is 0.333. The maximum Gasteiger partial charge on any atom is 0.265 e. The van der Waals surface area contributed by atoms with Crippen LogP contribution in [0.1, 0.15) is 25.3 Å². The summed E-state index contributed by atoms with van der Waals surface area (Å²) in [5.41, 5.74) is 1.87. The normalized spacial score (nSPS) is 21.5. The predicted molar refractivity (Wildman–Crippen MR) is 112 cm³/mol. The Hall–Kier alpha value is -2.91. The Kier molecular flexibility index (Phi) is 5.25. The van der Waals surface area contributed by atoms with E-state index in [1.807, 2.05) is 25.1 Å². The van der Waals surface area contributed by atoms with E-state index in [1.54, 1.807) is 13.0 Å². The SMILES string of the molecule is Cc1ccccc1NC(=O)[C@@H]1CCCN1S(=O)(=O)c1ccc2c(c1)NC(=O)[C@H](C)O2. The molecule has 2 atom stereocenters. The number of benzene rings is 2.